The van der Waals surface area contributed by atoms with Crippen LogP contribution in [0.4, 0.5) is 0 Å². The van der Waals surface area contributed by atoms with E-state index < -0.39 is 0 Å². The minimum Gasteiger partial charge on any atom is -0.346 e. The molecule has 1 heterocycles. The Morgan fingerprint density at radius 2 is 2.05 bits per heavy atom. The maximum absolute atomic E-state index is 8.92. The lowest BCUT2D eigenvalue weighted by molar-refractivity contribution is 0.369. The van der Waals surface area contributed by atoms with Crippen molar-refractivity contribution in [3.8, 4) is 6.07 Å². The van der Waals surface area contributed by atoms with Gasteiger partial charge in [0.1, 0.15) is 0 Å². The van der Waals surface area contributed by atoms with Crippen molar-refractivity contribution in [3.05, 3.63) is 36.0 Å². The number of hydrogen-bond acceptors (Lipinski definition) is 2. The van der Waals surface area contributed by atoms with Crippen LogP contribution < -0.4 is 5.32 Å². The van der Waals surface area contributed by atoms with Gasteiger partial charge in [-0.1, -0.05) is 19.3 Å². The number of aromatic nitrogens is 1. The lowest BCUT2D eigenvalue weighted by Gasteiger charge is -2.23. The second-order valence-corrected chi connectivity index (χ2v) is 5.68. The van der Waals surface area contributed by atoms with Gasteiger partial charge in [-0.25, -0.2) is 0 Å². The topological polar surface area (TPSA) is 40.8 Å². The Bertz CT molecular complexity index is 615. The highest BCUT2D eigenvalue weighted by Gasteiger charge is 2.12. The maximum atomic E-state index is 8.92. The zero-order valence-corrected chi connectivity index (χ0v) is 11.8. The van der Waals surface area contributed by atoms with E-state index in [4.69, 9.17) is 5.26 Å². The average molecular weight is 267 g/mol. The fourth-order valence-corrected chi connectivity index (χ4v) is 3.16. The van der Waals surface area contributed by atoms with E-state index in [1.807, 2.05) is 12.1 Å². The van der Waals surface area contributed by atoms with E-state index >= 15 is 0 Å². The summed E-state index contributed by atoms with van der Waals surface area (Å²) in [7, 11) is 0. The molecular formula is C17H21N3. The summed E-state index contributed by atoms with van der Waals surface area (Å²) >= 11 is 0. The molecule has 20 heavy (non-hydrogen) atoms. The van der Waals surface area contributed by atoms with Gasteiger partial charge in [-0.15, -0.1) is 0 Å². The van der Waals surface area contributed by atoms with Crippen molar-refractivity contribution in [3.63, 3.8) is 0 Å². The fourth-order valence-electron chi connectivity index (χ4n) is 3.16. The quantitative estimate of drug-likeness (QED) is 0.922. The molecule has 0 amide bonds. The van der Waals surface area contributed by atoms with Crippen LogP contribution in [0.5, 0.6) is 0 Å². The van der Waals surface area contributed by atoms with E-state index in [0.717, 1.165) is 30.1 Å². The normalized spacial score (nSPS) is 16.4. The zero-order chi connectivity index (χ0) is 13.8. The Morgan fingerprint density at radius 1 is 1.20 bits per heavy atom. The Morgan fingerprint density at radius 3 is 2.85 bits per heavy atom. The number of fused-ring (bicyclic) bond motifs is 1. The van der Waals surface area contributed by atoms with Crippen LogP contribution in [0.2, 0.25) is 0 Å². The Kier molecular flexibility index (Phi) is 4.03. The molecule has 1 fully saturated rings. The van der Waals surface area contributed by atoms with E-state index in [9.17, 15) is 0 Å². The van der Waals surface area contributed by atoms with Crippen molar-refractivity contribution in [2.75, 3.05) is 6.54 Å². The number of hydrogen-bond donors (Lipinski definition) is 1. The van der Waals surface area contributed by atoms with E-state index in [1.54, 1.807) is 0 Å². The summed E-state index contributed by atoms with van der Waals surface area (Å²) in [6.07, 6.45) is 8.94. The molecule has 3 nitrogen and oxygen atoms in total. The molecule has 0 unspecified atom stereocenters. The summed E-state index contributed by atoms with van der Waals surface area (Å²) in [5, 5.41) is 13.8. The highest BCUT2D eigenvalue weighted by atomic mass is 15.0. The number of nitriles is 1. The molecule has 1 aromatic carbocycles. The van der Waals surface area contributed by atoms with Gasteiger partial charge in [-0.3, -0.25) is 0 Å². The van der Waals surface area contributed by atoms with Gasteiger partial charge < -0.3 is 9.88 Å². The van der Waals surface area contributed by atoms with Crippen LogP contribution in [0.3, 0.4) is 0 Å². The lowest BCUT2D eigenvalue weighted by atomic mass is 9.95. The summed E-state index contributed by atoms with van der Waals surface area (Å²) < 4.78 is 2.27. The second kappa shape index (κ2) is 6.11. The standard InChI is InChI=1S/C17H21N3/c18-13-14-6-7-17-15(12-14)8-10-20(17)11-9-19-16-4-2-1-3-5-16/h6-8,10,12,16,19H,1-5,9,11H2. The minimum absolute atomic E-state index is 0.718. The van der Waals surface area contributed by atoms with Crippen molar-refractivity contribution >= 4 is 10.9 Å². The zero-order valence-electron chi connectivity index (χ0n) is 11.8. The lowest BCUT2D eigenvalue weighted by Crippen LogP contribution is -2.33. The van der Waals surface area contributed by atoms with Crippen molar-refractivity contribution in [2.45, 2.75) is 44.7 Å². The molecule has 1 aliphatic carbocycles. The van der Waals surface area contributed by atoms with Gasteiger partial charge in [-0.05, 0) is 37.1 Å². The number of benzene rings is 1. The van der Waals surface area contributed by atoms with Crippen molar-refractivity contribution in [1.82, 2.24) is 9.88 Å². The summed E-state index contributed by atoms with van der Waals surface area (Å²) in [5.74, 6) is 0. The smallest absolute Gasteiger partial charge is 0.0991 e. The molecule has 1 aromatic heterocycles. The minimum atomic E-state index is 0.718. The molecular weight excluding hydrogens is 246 g/mol. The van der Waals surface area contributed by atoms with Gasteiger partial charge in [0.15, 0.2) is 0 Å². The molecule has 3 heteroatoms. The second-order valence-electron chi connectivity index (χ2n) is 5.68. The summed E-state index contributed by atoms with van der Waals surface area (Å²) in [6, 6.07) is 10.9. The molecule has 1 N–H and O–H groups in total. The van der Waals surface area contributed by atoms with E-state index in [1.165, 1.54) is 37.6 Å². The molecule has 0 spiro atoms. The molecule has 2 aromatic rings. The molecule has 0 saturated heterocycles. The summed E-state index contributed by atoms with van der Waals surface area (Å²) in [5.41, 5.74) is 1.95. The Balaban J connectivity index is 1.61. The van der Waals surface area contributed by atoms with Gasteiger partial charge >= 0.3 is 0 Å². The van der Waals surface area contributed by atoms with Gasteiger partial charge in [0.05, 0.1) is 11.6 Å². The maximum Gasteiger partial charge on any atom is 0.0991 e. The molecule has 0 radical (unpaired) electrons. The van der Waals surface area contributed by atoms with Crippen molar-refractivity contribution < 1.29 is 0 Å². The van der Waals surface area contributed by atoms with Gasteiger partial charge in [-0.2, -0.15) is 5.26 Å². The van der Waals surface area contributed by atoms with Crippen molar-refractivity contribution in [1.29, 1.82) is 5.26 Å². The Hall–Kier alpha value is -1.79. The SMILES string of the molecule is N#Cc1ccc2c(ccn2CCNC2CCCCC2)c1. The first kappa shape index (κ1) is 13.2. The van der Waals surface area contributed by atoms with E-state index in [2.05, 4.69) is 34.3 Å². The highest BCUT2D eigenvalue weighted by Crippen LogP contribution is 2.18. The van der Waals surface area contributed by atoms with Gasteiger partial charge in [0.25, 0.3) is 0 Å². The van der Waals surface area contributed by atoms with Crippen molar-refractivity contribution in [2.24, 2.45) is 0 Å². The molecule has 0 aliphatic heterocycles. The predicted molar refractivity (Wildman–Crippen MR) is 81.5 cm³/mol. The third-order valence-corrected chi connectivity index (χ3v) is 4.29. The van der Waals surface area contributed by atoms with Crippen LogP contribution in [0.1, 0.15) is 37.7 Å². The monoisotopic (exact) mass is 267 g/mol. The first-order valence-corrected chi connectivity index (χ1v) is 7.59. The van der Waals surface area contributed by atoms with E-state index in [0.29, 0.717) is 0 Å². The number of nitrogens with one attached hydrogen (secondary N) is 1. The van der Waals surface area contributed by atoms with Crippen LogP contribution >= 0.6 is 0 Å². The number of nitrogens with zero attached hydrogens (tertiary/aromatic N) is 2. The molecule has 1 aliphatic rings. The molecule has 0 atom stereocenters. The van der Waals surface area contributed by atoms with Crippen LogP contribution in [-0.2, 0) is 6.54 Å². The van der Waals surface area contributed by atoms with Crippen LogP contribution in [0.25, 0.3) is 10.9 Å². The first-order valence-electron chi connectivity index (χ1n) is 7.59. The van der Waals surface area contributed by atoms with Crippen LogP contribution in [0.15, 0.2) is 30.5 Å². The predicted octanol–water partition coefficient (Wildman–Crippen LogP) is 3.44. The van der Waals surface area contributed by atoms with Crippen LogP contribution in [0, 0.1) is 11.3 Å². The third-order valence-electron chi connectivity index (χ3n) is 4.29. The fraction of sp³-hybridized carbons (Fsp3) is 0.471. The molecule has 1 saturated carbocycles. The first-order chi connectivity index (χ1) is 9.86. The van der Waals surface area contributed by atoms with Gasteiger partial charge in [0, 0.05) is 36.2 Å². The van der Waals surface area contributed by atoms with Crippen LogP contribution in [-0.4, -0.2) is 17.2 Å². The third kappa shape index (κ3) is 2.86. The number of rotatable bonds is 4. The molecule has 104 valence electrons. The van der Waals surface area contributed by atoms with E-state index in [-0.39, 0.29) is 0 Å². The average Bonchev–Trinajstić information content (AvgIpc) is 2.91. The largest absolute Gasteiger partial charge is 0.346 e. The summed E-state index contributed by atoms with van der Waals surface area (Å²) in [4.78, 5) is 0. The van der Waals surface area contributed by atoms with Gasteiger partial charge in [0.2, 0.25) is 0 Å². The molecule has 3 rings (SSSR count). The highest BCUT2D eigenvalue weighted by molar-refractivity contribution is 5.81. The molecule has 0 bridgehead atoms. The Labute approximate surface area is 120 Å². The summed E-state index contributed by atoms with van der Waals surface area (Å²) in [6.45, 7) is 2.01.